The number of ether oxygens (including phenoxy) is 1. The number of pyridine rings is 1. The molecule has 0 bridgehead atoms. The molecule has 4 rings (SSSR count). The number of anilines is 1. The minimum absolute atomic E-state index is 0.0954. The van der Waals surface area contributed by atoms with Gasteiger partial charge in [0.15, 0.2) is 0 Å². The Morgan fingerprint density at radius 3 is 2.89 bits per heavy atom. The second kappa shape index (κ2) is 6.71. The summed E-state index contributed by atoms with van der Waals surface area (Å²) in [6.07, 6.45) is 0. The van der Waals surface area contributed by atoms with Gasteiger partial charge in [-0.25, -0.2) is 13.1 Å². The van der Waals surface area contributed by atoms with E-state index in [1.165, 1.54) is 12.1 Å². The molecule has 3 aromatic rings. The van der Waals surface area contributed by atoms with E-state index in [2.05, 4.69) is 15.0 Å². The zero-order valence-corrected chi connectivity index (χ0v) is 15.5. The van der Waals surface area contributed by atoms with Crippen LogP contribution in [0.2, 0.25) is 0 Å². The maximum Gasteiger partial charge on any atom is 0.252 e. The highest BCUT2D eigenvalue weighted by Gasteiger charge is 2.19. The molecule has 1 aliphatic heterocycles. The first kappa shape index (κ1) is 17.6. The van der Waals surface area contributed by atoms with Gasteiger partial charge < -0.3 is 15.0 Å². The molecule has 8 heteroatoms. The summed E-state index contributed by atoms with van der Waals surface area (Å²) < 4.78 is 33.2. The number of benzene rings is 2. The Balaban J connectivity index is 1.60. The Bertz CT molecular complexity index is 1190. The van der Waals surface area contributed by atoms with Gasteiger partial charge in [-0.3, -0.25) is 4.79 Å². The predicted molar refractivity (Wildman–Crippen MR) is 104 cm³/mol. The predicted octanol–water partition coefficient (Wildman–Crippen LogP) is 2.12. The van der Waals surface area contributed by atoms with E-state index >= 15 is 0 Å². The molecule has 0 spiro atoms. The van der Waals surface area contributed by atoms with Crippen LogP contribution in [-0.2, 0) is 16.6 Å². The third kappa shape index (κ3) is 3.41. The van der Waals surface area contributed by atoms with E-state index in [9.17, 15) is 13.2 Å². The molecule has 3 N–H and O–H groups in total. The standard InChI is InChI=1S/C19H19N3O4S/c1-12-3-2-4-13-9-14(19(23)22-18(12)13)11-21-27(24,25)15-5-6-16-17(10-15)26-8-7-20-16/h2-6,9-10,20-21H,7-8,11H2,1H3,(H,22,23). The number of hydrogen-bond donors (Lipinski definition) is 3. The number of nitrogens with one attached hydrogen (secondary N) is 3. The van der Waals surface area contributed by atoms with E-state index in [1.54, 1.807) is 12.1 Å². The third-order valence-electron chi connectivity index (χ3n) is 4.56. The summed E-state index contributed by atoms with van der Waals surface area (Å²) in [6.45, 7) is 2.97. The number of H-pyrrole nitrogens is 1. The van der Waals surface area contributed by atoms with Gasteiger partial charge in [0.05, 0.1) is 16.1 Å². The Hall–Kier alpha value is -2.84. The van der Waals surface area contributed by atoms with Crippen LogP contribution in [0.25, 0.3) is 10.9 Å². The van der Waals surface area contributed by atoms with Crippen molar-refractivity contribution in [3.05, 3.63) is 63.9 Å². The van der Waals surface area contributed by atoms with E-state index in [0.29, 0.717) is 24.5 Å². The van der Waals surface area contributed by atoms with Crippen molar-refractivity contribution in [2.24, 2.45) is 0 Å². The molecule has 0 saturated heterocycles. The minimum Gasteiger partial charge on any atom is -0.490 e. The number of aryl methyl sites for hydroxylation is 1. The van der Waals surface area contributed by atoms with Gasteiger partial charge in [0, 0.05) is 24.7 Å². The molecule has 0 unspecified atom stereocenters. The first-order chi connectivity index (χ1) is 12.9. The summed E-state index contributed by atoms with van der Waals surface area (Å²) >= 11 is 0. The zero-order chi connectivity index (χ0) is 19.0. The number of aromatic nitrogens is 1. The molecular weight excluding hydrogens is 366 g/mol. The van der Waals surface area contributed by atoms with Crippen molar-refractivity contribution in [3.8, 4) is 5.75 Å². The summed E-state index contributed by atoms with van der Waals surface area (Å²) in [4.78, 5) is 15.2. The van der Waals surface area contributed by atoms with Crippen molar-refractivity contribution in [2.45, 2.75) is 18.4 Å². The summed E-state index contributed by atoms with van der Waals surface area (Å²) in [7, 11) is -3.78. The van der Waals surface area contributed by atoms with Gasteiger partial charge in [-0.2, -0.15) is 0 Å². The molecular formula is C19H19N3O4S. The van der Waals surface area contributed by atoms with Crippen LogP contribution in [0.5, 0.6) is 5.75 Å². The summed E-state index contributed by atoms with van der Waals surface area (Å²) in [5.74, 6) is 0.503. The number of rotatable bonds is 4. The normalized spacial score (nSPS) is 13.7. The van der Waals surface area contributed by atoms with Crippen molar-refractivity contribution in [3.63, 3.8) is 0 Å². The number of fused-ring (bicyclic) bond motifs is 2. The average Bonchev–Trinajstić information content (AvgIpc) is 2.67. The molecule has 2 aromatic carbocycles. The van der Waals surface area contributed by atoms with E-state index in [0.717, 1.165) is 22.2 Å². The van der Waals surface area contributed by atoms with Gasteiger partial charge in [0.1, 0.15) is 12.4 Å². The monoisotopic (exact) mass is 385 g/mol. The molecule has 7 nitrogen and oxygen atoms in total. The lowest BCUT2D eigenvalue weighted by molar-refractivity contribution is 0.322. The fourth-order valence-corrected chi connectivity index (χ4v) is 4.12. The third-order valence-corrected chi connectivity index (χ3v) is 5.95. The molecule has 0 atom stereocenters. The topological polar surface area (TPSA) is 100 Å². The second-order valence-electron chi connectivity index (χ2n) is 6.42. The number of aromatic amines is 1. The maximum absolute atomic E-state index is 12.6. The first-order valence-electron chi connectivity index (χ1n) is 8.56. The smallest absolute Gasteiger partial charge is 0.252 e. The lowest BCUT2D eigenvalue weighted by atomic mass is 10.1. The quantitative estimate of drug-likeness (QED) is 0.639. The van der Waals surface area contributed by atoms with Crippen molar-refractivity contribution in [2.75, 3.05) is 18.5 Å². The van der Waals surface area contributed by atoms with E-state index < -0.39 is 10.0 Å². The van der Waals surface area contributed by atoms with E-state index in [4.69, 9.17) is 4.74 Å². The second-order valence-corrected chi connectivity index (χ2v) is 8.19. The van der Waals surface area contributed by atoms with Crippen LogP contribution in [0.4, 0.5) is 5.69 Å². The largest absolute Gasteiger partial charge is 0.490 e. The SMILES string of the molecule is Cc1cccc2cc(CNS(=O)(=O)c3ccc4c(c3)OCCN4)c(=O)[nH]c12. The van der Waals surface area contributed by atoms with Crippen LogP contribution in [-0.4, -0.2) is 26.6 Å². The van der Waals surface area contributed by atoms with Crippen molar-refractivity contribution in [1.29, 1.82) is 0 Å². The fraction of sp³-hybridized carbons (Fsp3) is 0.211. The molecule has 0 fully saturated rings. The van der Waals surface area contributed by atoms with Gasteiger partial charge in [0.2, 0.25) is 10.0 Å². The van der Waals surface area contributed by atoms with Crippen molar-refractivity contribution < 1.29 is 13.2 Å². The molecule has 0 amide bonds. The van der Waals surface area contributed by atoms with Crippen LogP contribution in [0.15, 0.2) is 52.2 Å². The van der Waals surface area contributed by atoms with Gasteiger partial charge in [-0.05, 0) is 36.1 Å². The lowest BCUT2D eigenvalue weighted by Crippen LogP contribution is -2.27. The Morgan fingerprint density at radius 2 is 2.04 bits per heavy atom. The summed E-state index contributed by atoms with van der Waals surface area (Å²) in [6, 6.07) is 12.1. The average molecular weight is 385 g/mol. The summed E-state index contributed by atoms with van der Waals surface area (Å²) in [5, 5.41) is 4.00. The summed E-state index contributed by atoms with van der Waals surface area (Å²) in [5.41, 5.74) is 2.53. The highest BCUT2D eigenvalue weighted by molar-refractivity contribution is 7.89. The zero-order valence-electron chi connectivity index (χ0n) is 14.7. The molecule has 0 radical (unpaired) electrons. The Kier molecular flexibility index (Phi) is 4.37. The van der Waals surface area contributed by atoms with E-state index in [1.807, 2.05) is 25.1 Å². The molecule has 1 aromatic heterocycles. The Morgan fingerprint density at radius 1 is 1.19 bits per heavy atom. The number of hydrogen-bond acceptors (Lipinski definition) is 5. The van der Waals surface area contributed by atoms with Crippen LogP contribution >= 0.6 is 0 Å². The number of sulfonamides is 1. The highest BCUT2D eigenvalue weighted by atomic mass is 32.2. The molecule has 2 heterocycles. The van der Waals surface area contributed by atoms with Gasteiger partial charge >= 0.3 is 0 Å². The minimum atomic E-state index is -3.78. The van der Waals surface area contributed by atoms with Gasteiger partial charge in [-0.1, -0.05) is 18.2 Å². The first-order valence-corrected chi connectivity index (χ1v) is 10.0. The molecule has 0 aliphatic carbocycles. The van der Waals surface area contributed by atoms with Crippen LogP contribution in [0.1, 0.15) is 11.1 Å². The van der Waals surface area contributed by atoms with Crippen molar-refractivity contribution >= 4 is 26.6 Å². The fourth-order valence-electron chi connectivity index (χ4n) is 3.10. The lowest BCUT2D eigenvalue weighted by Gasteiger charge is -2.19. The Labute approximate surface area is 156 Å². The van der Waals surface area contributed by atoms with Crippen LogP contribution < -0.4 is 20.3 Å². The highest BCUT2D eigenvalue weighted by Crippen LogP contribution is 2.29. The molecule has 1 aliphatic rings. The van der Waals surface area contributed by atoms with Gasteiger partial charge in [0.25, 0.3) is 5.56 Å². The molecule has 140 valence electrons. The van der Waals surface area contributed by atoms with Crippen molar-refractivity contribution in [1.82, 2.24) is 9.71 Å². The molecule has 0 saturated carbocycles. The van der Waals surface area contributed by atoms with E-state index in [-0.39, 0.29) is 17.0 Å². The van der Waals surface area contributed by atoms with Crippen LogP contribution in [0.3, 0.4) is 0 Å². The maximum atomic E-state index is 12.6. The van der Waals surface area contributed by atoms with Crippen LogP contribution in [0, 0.1) is 6.92 Å². The number of para-hydroxylation sites is 1. The van der Waals surface area contributed by atoms with Gasteiger partial charge in [-0.15, -0.1) is 0 Å². The molecule has 27 heavy (non-hydrogen) atoms.